The van der Waals surface area contributed by atoms with Crippen LogP contribution in [0.4, 0.5) is 5.82 Å². The van der Waals surface area contributed by atoms with Gasteiger partial charge in [-0.25, -0.2) is 9.67 Å². The summed E-state index contributed by atoms with van der Waals surface area (Å²) in [6, 6.07) is 6.14. The van der Waals surface area contributed by atoms with Crippen molar-refractivity contribution in [1.82, 2.24) is 19.5 Å². The Hall–Kier alpha value is -2.74. The molecule has 3 heterocycles. The number of allylic oxidation sites excluding steroid dienone is 2. The average Bonchev–Trinajstić information content (AvgIpc) is 3.34. The molecule has 7 nitrogen and oxygen atoms in total. The molecule has 0 radical (unpaired) electrons. The van der Waals surface area contributed by atoms with Crippen molar-refractivity contribution in [2.45, 2.75) is 65.8 Å². The Kier molecular flexibility index (Phi) is 7.50. The van der Waals surface area contributed by atoms with Crippen molar-refractivity contribution in [2.24, 2.45) is 16.6 Å². The van der Waals surface area contributed by atoms with Gasteiger partial charge in [-0.15, -0.1) is 0 Å². The zero-order valence-electron chi connectivity index (χ0n) is 21.8. The van der Waals surface area contributed by atoms with Gasteiger partial charge in [-0.05, 0) is 63.3 Å². The summed E-state index contributed by atoms with van der Waals surface area (Å²) >= 11 is 1.41. The van der Waals surface area contributed by atoms with E-state index in [2.05, 4.69) is 74.9 Å². The van der Waals surface area contributed by atoms with E-state index in [4.69, 9.17) is 15.8 Å². The summed E-state index contributed by atoms with van der Waals surface area (Å²) in [4.78, 5) is 12.5. The Morgan fingerprint density at radius 2 is 2.03 bits per heavy atom. The highest BCUT2D eigenvalue weighted by Gasteiger charge is 2.38. The standard InChI is InChI=1S/C26H39N7S/c1-17-14-26(7,8)32(16-17)24-20(19(3)31-34-21(15-28-9)18(2)27)10-11-23(29-24)33-13-12-22(30-33)25(4,5)6/h10-13,15,17,31H,3,14,16,27H2,1-2,4-9H3/b21-18+,28-15?. The van der Waals surface area contributed by atoms with E-state index >= 15 is 0 Å². The maximum absolute atomic E-state index is 6.01. The zero-order chi connectivity index (χ0) is 25.3. The van der Waals surface area contributed by atoms with Crippen LogP contribution in [0.15, 0.2) is 46.6 Å². The number of anilines is 1. The molecule has 3 rings (SSSR count). The molecule has 1 fully saturated rings. The molecule has 2 aromatic heterocycles. The van der Waals surface area contributed by atoms with Gasteiger partial charge in [0.15, 0.2) is 5.82 Å². The van der Waals surface area contributed by atoms with E-state index in [9.17, 15) is 0 Å². The Balaban J connectivity index is 2.01. The van der Waals surface area contributed by atoms with E-state index in [-0.39, 0.29) is 11.0 Å². The van der Waals surface area contributed by atoms with E-state index in [0.29, 0.717) is 11.6 Å². The van der Waals surface area contributed by atoms with Crippen molar-refractivity contribution < 1.29 is 0 Å². The van der Waals surface area contributed by atoms with E-state index < -0.39 is 0 Å². The van der Waals surface area contributed by atoms with E-state index in [0.717, 1.165) is 46.5 Å². The molecule has 184 valence electrons. The summed E-state index contributed by atoms with van der Waals surface area (Å²) < 4.78 is 5.22. The topological polar surface area (TPSA) is 84.4 Å². The van der Waals surface area contributed by atoms with Crippen LogP contribution in [0.5, 0.6) is 0 Å². The molecule has 3 N–H and O–H groups in total. The number of aromatic nitrogens is 3. The Bertz CT molecular complexity index is 1100. The molecule has 34 heavy (non-hydrogen) atoms. The molecule has 2 aromatic rings. The molecule has 0 aromatic carbocycles. The van der Waals surface area contributed by atoms with Gasteiger partial charge in [0.05, 0.1) is 10.6 Å². The maximum Gasteiger partial charge on any atom is 0.155 e. The lowest BCUT2D eigenvalue weighted by Gasteiger charge is -2.34. The normalized spacial score (nSPS) is 18.9. The first-order chi connectivity index (χ1) is 15.8. The van der Waals surface area contributed by atoms with Gasteiger partial charge in [-0.3, -0.25) is 4.99 Å². The van der Waals surface area contributed by atoms with Crippen molar-refractivity contribution in [3.8, 4) is 5.82 Å². The summed E-state index contributed by atoms with van der Waals surface area (Å²) in [6.07, 6.45) is 4.84. The van der Waals surface area contributed by atoms with Crippen LogP contribution in [-0.2, 0) is 5.41 Å². The summed E-state index contributed by atoms with van der Waals surface area (Å²) in [7, 11) is 1.73. The van der Waals surface area contributed by atoms with Gasteiger partial charge < -0.3 is 15.4 Å². The van der Waals surface area contributed by atoms with Crippen molar-refractivity contribution in [3.63, 3.8) is 0 Å². The van der Waals surface area contributed by atoms with Gasteiger partial charge in [0.2, 0.25) is 0 Å². The molecule has 1 aliphatic heterocycles. The number of aliphatic imine (C=N–C) groups is 1. The third kappa shape index (κ3) is 5.66. The number of nitrogens with two attached hydrogens (primary N) is 1. The second kappa shape index (κ2) is 9.86. The number of hydrogen-bond donors (Lipinski definition) is 2. The quantitative estimate of drug-likeness (QED) is 0.413. The third-order valence-electron chi connectivity index (χ3n) is 6.03. The first kappa shape index (κ1) is 25.9. The highest BCUT2D eigenvalue weighted by atomic mass is 32.2. The van der Waals surface area contributed by atoms with Crippen LogP contribution in [0.2, 0.25) is 0 Å². The van der Waals surface area contributed by atoms with Crippen LogP contribution in [0.1, 0.15) is 66.1 Å². The van der Waals surface area contributed by atoms with Gasteiger partial charge in [0.1, 0.15) is 5.82 Å². The molecule has 0 aliphatic carbocycles. The molecule has 0 saturated carbocycles. The second-order valence-electron chi connectivity index (χ2n) is 10.8. The molecular formula is C26H39N7S. The number of nitrogens with one attached hydrogen (secondary N) is 1. The highest BCUT2D eigenvalue weighted by molar-refractivity contribution is 8.02. The minimum Gasteiger partial charge on any atom is -0.401 e. The second-order valence-corrected chi connectivity index (χ2v) is 11.6. The molecule has 0 spiro atoms. The van der Waals surface area contributed by atoms with Crippen molar-refractivity contribution in [3.05, 3.63) is 52.8 Å². The largest absolute Gasteiger partial charge is 0.401 e. The minimum atomic E-state index is -0.0238. The highest BCUT2D eigenvalue weighted by Crippen LogP contribution is 2.39. The van der Waals surface area contributed by atoms with Crippen LogP contribution in [-0.4, -0.2) is 40.1 Å². The Labute approximate surface area is 208 Å². The van der Waals surface area contributed by atoms with Crippen LogP contribution in [0.3, 0.4) is 0 Å². The predicted molar refractivity (Wildman–Crippen MR) is 146 cm³/mol. The molecule has 1 atom stereocenters. The van der Waals surface area contributed by atoms with E-state index in [1.165, 1.54) is 11.9 Å². The van der Waals surface area contributed by atoms with Gasteiger partial charge in [0, 0.05) is 53.9 Å². The number of nitrogens with zero attached hydrogens (tertiary/aromatic N) is 5. The van der Waals surface area contributed by atoms with Crippen molar-refractivity contribution >= 4 is 29.7 Å². The first-order valence-corrected chi connectivity index (χ1v) is 12.5. The third-order valence-corrected chi connectivity index (χ3v) is 7.02. The minimum absolute atomic E-state index is 0.0122. The SMILES string of the molecule is C=C(NS/C(C=NC)=C(\C)N)c1ccc(-n2ccc(C(C)(C)C)n2)nc1N1CC(C)CC1(C)C. The zero-order valence-corrected chi connectivity index (χ0v) is 22.6. The summed E-state index contributed by atoms with van der Waals surface area (Å²) in [5.74, 6) is 2.29. The van der Waals surface area contributed by atoms with Gasteiger partial charge in [-0.2, -0.15) is 5.10 Å². The van der Waals surface area contributed by atoms with E-state index in [1.54, 1.807) is 13.3 Å². The van der Waals surface area contributed by atoms with Gasteiger partial charge in [-0.1, -0.05) is 34.3 Å². The van der Waals surface area contributed by atoms with Crippen LogP contribution < -0.4 is 15.4 Å². The number of rotatable bonds is 7. The number of hydrogen-bond acceptors (Lipinski definition) is 7. The molecular weight excluding hydrogens is 442 g/mol. The van der Waals surface area contributed by atoms with Gasteiger partial charge >= 0.3 is 0 Å². The van der Waals surface area contributed by atoms with E-state index in [1.807, 2.05) is 23.9 Å². The fraction of sp³-hybridized carbons (Fsp3) is 0.500. The fourth-order valence-corrected chi connectivity index (χ4v) is 4.98. The van der Waals surface area contributed by atoms with Gasteiger partial charge in [0.25, 0.3) is 0 Å². The lowest BCUT2D eigenvalue weighted by molar-refractivity contribution is 0.486. The molecule has 1 aliphatic rings. The van der Waals surface area contributed by atoms with Crippen LogP contribution in [0.25, 0.3) is 11.5 Å². The lowest BCUT2D eigenvalue weighted by Crippen LogP contribution is -2.39. The summed E-state index contributed by atoms with van der Waals surface area (Å²) in [6.45, 7) is 20.5. The monoisotopic (exact) mass is 481 g/mol. The number of pyridine rings is 1. The Morgan fingerprint density at radius 3 is 2.56 bits per heavy atom. The first-order valence-electron chi connectivity index (χ1n) is 11.7. The molecule has 1 saturated heterocycles. The van der Waals surface area contributed by atoms with Crippen LogP contribution in [0, 0.1) is 5.92 Å². The van der Waals surface area contributed by atoms with Crippen molar-refractivity contribution in [2.75, 3.05) is 18.5 Å². The molecule has 8 heteroatoms. The Morgan fingerprint density at radius 1 is 1.32 bits per heavy atom. The van der Waals surface area contributed by atoms with Crippen LogP contribution >= 0.6 is 11.9 Å². The smallest absolute Gasteiger partial charge is 0.155 e. The summed E-state index contributed by atoms with van der Waals surface area (Å²) in [5, 5.41) is 4.80. The lowest BCUT2D eigenvalue weighted by atomic mass is 9.93. The van der Waals surface area contributed by atoms with Crippen molar-refractivity contribution in [1.29, 1.82) is 0 Å². The average molecular weight is 482 g/mol. The molecule has 0 bridgehead atoms. The summed E-state index contributed by atoms with van der Waals surface area (Å²) in [5.41, 5.74) is 9.45. The fourth-order valence-electron chi connectivity index (χ4n) is 4.32. The molecule has 1 unspecified atom stereocenters. The predicted octanol–water partition coefficient (Wildman–Crippen LogP) is 5.29. The molecule has 0 amide bonds. The maximum atomic E-state index is 6.01.